The molecule has 0 bridgehead atoms. The predicted molar refractivity (Wildman–Crippen MR) is 46.2 cm³/mol. The highest BCUT2D eigenvalue weighted by Gasteiger charge is 2.03. The molecule has 0 aromatic heterocycles. The second-order valence-electron chi connectivity index (χ2n) is 2.45. The van der Waals surface area contributed by atoms with Gasteiger partial charge < -0.3 is 4.90 Å². The van der Waals surface area contributed by atoms with E-state index in [0.717, 1.165) is 18.8 Å². The summed E-state index contributed by atoms with van der Waals surface area (Å²) in [6.45, 7) is 8.86. The molecule has 0 radical (unpaired) electrons. The van der Waals surface area contributed by atoms with E-state index < -0.39 is 0 Å². The van der Waals surface area contributed by atoms with E-state index in [0.29, 0.717) is 6.04 Å². The first kappa shape index (κ1) is 9.31. The molecular formula is C7H17NS. The third-order valence-corrected chi connectivity index (χ3v) is 1.72. The summed E-state index contributed by atoms with van der Waals surface area (Å²) in [6, 6.07) is 0.669. The number of rotatable bonds is 4. The molecule has 0 unspecified atom stereocenters. The van der Waals surface area contributed by atoms with E-state index in [4.69, 9.17) is 0 Å². The van der Waals surface area contributed by atoms with Crippen molar-refractivity contribution in [3.63, 3.8) is 0 Å². The van der Waals surface area contributed by atoms with Crippen LogP contribution in [0, 0.1) is 0 Å². The van der Waals surface area contributed by atoms with Crippen molar-refractivity contribution >= 4 is 12.6 Å². The van der Waals surface area contributed by atoms with Crippen molar-refractivity contribution in [2.75, 3.05) is 18.8 Å². The Labute approximate surface area is 63.8 Å². The lowest BCUT2D eigenvalue weighted by atomic mass is 10.3. The second kappa shape index (κ2) is 5.12. The lowest BCUT2D eigenvalue weighted by Gasteiger charge is -2.23. The normalized spacial score (nSPS) is 11.3. The molecule has 2 heteroatoms. The summed E-state index contributed by atoms with van der Waals surface area (Å²) in [5.41, 5.74) is 0. The Bertz CT molecular complexity index is 63.9. The van der Waals surface area contributed by atoms with E-state index in [1.807, 2.05) is 0 Å². The SMILES string of the molecule is CCN(CCS)C(C)C. The Hall–Kier alpha value is 0.310. The van der Waals surface area contributed by atoms with Crippen LogP contribution in [0.25, 0.3) is 0 Å². The van der Waals surface area contributed by atoms with Crippen LogP contribution in [0.15, 0.2) is 0 Å². The molecule has 0 aromatic rings. The van der Waals surface area contributed by atoms with Crippen molar-refractivity contribution < 1.29 is 0 Å². The van der Waals surface area contributed by atoms with Crippen LogP contribution in [-0.4, -0.2) is 29.8 Å². The zero-order valence-corrected chi connectivity index (χ0v) is 7.49. The summed E-state index contributed by atoms with van der Waals surface area (Å²) >= 11 is 4.17. The zero-order chi connectivity index (χ0) is 7.28. The maximum atomic E-state index is 4.17. The molecule has 0 fully saturated rings. The highest BCUT2D eigenvalue weighted by molar-refractivity contribution is 7.80. The lowest BCUT2D eigenvalue weighted by Crippen LogP contribution is -2.32. The van der Waals surface area contributed by atoms with E-state index in [9.17, 15) is 0 Å². The summed E-state index contributed by atoms with van der Waals surface area (Å²) in [5, 5.41) is 0. The summed E-state index contributed by atoms with van der Waals surface area (Å²) in [4.78, 5) is 2.40. The van der Waals surface area contributed by atoms with Crippen molar-refractivity contribution in [2.24, 2.45) is 0 Å². The summed E-state index contributed by atoms with van der Waals surface area (Å²) < 4.78 is 0. The molecule has 1 nitrogen and oxygen atoms in total. The van der Waals surface area contributed by atoms with Crippen molar-refractivity contribution in [3.05, 3.63) is 0 Å². The van der Waals surface area contributed by atoms with Crippen molar-refractivity contribution in [1.82, 2.24) is 4.90 Å². The number of hydrogen-bond donors (Lipinski definition) is 1. The first-order valence-electron chi connectivity index (χ1n) is 3.57. The molecule has 0 atom stereocenters. The van der Waals surface area contributed by atoms with E-state index in [-0.39, 0.29) is 0 Å². The predicted octanol–water partition coefficient (Wildman–Crippen LogP) is 1.65. The lowest BCUT2D eigenvalue weighted by molar-refractivity contribution is 0.249. The van der Waals surface area contributed by atoms with Crippen LogP contribution in [0.4, 0.5) is 0 Å². The first-order valence-corrected chi connectivity index (χ1v) is 4.20. The van der Waals surface area contributed by atoms with Gasteiger partial charge in [0.05, 0.1) is 0 Å². The average molecular weight is 147 g/mol. The number of nitrogens with zero attached hydrogens (tertiary/aromatic N) is 1. The van der Waals surface area contributed by atoms with Crippen molar-refractivity contribution in [3.8, 4) is 0 Å². The molecule has 56 valence electrons. The Kier molecular flexibility index (Phi) is 5.30. The molecule has 0 heterocycles. The van der Waals surface area contributed by atoms with Crippen LogP contribution in [0.5, 0.6) is 0 Å². The van der Waals surface area contributed by atoms with Crippen molar-refractivity contribution in [1.29, 1.82) is 0 Å². The third-order valence-electron chi connectivity index (χ3n) is 1.52. The van der Waals surface area contributed by atoms with Crippen LogP contribution in [-0.2, 0) is 0 Å². The van der Waals surface area contributed by atoms with Gasteiger partial charge in [-0.2, -0.15) is 12.6 Å². The van der Waals surface area contributed by atoms with Crippen LogP contribution >= 0.6 is 12.6 Å². The van der Waals surface area contributed by atoms with E-state index >= 15 is 0 Å². The molecule has 0 aliphatic rings. The van der Waals surface area contributed by atoms with Gasteiger partial charge in [-0.1, -0.05) is 6.92 Å². The molecule has 0 aromatic carbocycles. The largest absolute Gasteiger partial charge is 0.300 e. The fourth-order valence-electron chi connectivity index (χ4n) is 0.910. The van der Waals surface area contributed by atoms with Gasteiger partial charge in [-0.25, -0.2) is 0 Å². The van der Waals surface area contributed by atoms with Gasteiger partial charge in [0.15, 0.2) is 0 Å². The van der Waals surface area contributed by atoms with Gasteiger partial charge in [-0.15, -0.1) is 0 Å². The van der Waals surface area contributed by atoms with Crippen LogP contribution in [0.3, 0.4) is 0 Å². The molecule has 0 aliphatic carbocycles. The van der Waals surface area contributed by atoms with Gasteiger partial charge in [0.1, 0.15) is 0 Å². The van der Waals surface area contributed by atoms with Crippen LogP contribution in [0.2, 0.25) is 0 Å². The molecule has 0 N–H and O–H groups in total. The second-order valence-corrected chi connectivity index (χ2v) is 2.89. The van der Waals surface area contributed by atoms with Crippen LogP contribution in [0.1, 0.15) is 20.8 Å². The smallest absolute Gasteiger partial charge is 0.00724 e. The fourth-order valence-corrected chi connectivity index (χ4v) is 1.17. The summed E-state index contributed by atoms with van der Waals surface area (Å²) in [7, 11) is 0. The Balaban J connectivity index is 3.41. The van der Waals surface area contributed by atoms with Crippen LogP contribution < -0.4 is 0 Å². The Morgan fingerprint density at radius 1 is 1.44 bits per heavy atom. The molecule has 0 amide bonds. The topological polar surface area (TPSA) is 3.24 Å². The van der Waals surface area contributed by atoms with Gasteiger partial charge in [0.25, 0.3) is 0 Å². The zero-order valence-electron chi connectivity index (χ0n) is 6.59. The standard InChI is InChI=1S/C7H17NS/c1-4-8(5-6-9)7(2)3/h7,9H,4-6H2,1-3H3. The van der Waals surface area contributed by atoms with E-state index in [2.05, 4.69) is 38.3 Å². The maximum Gasteiger partial charge on any atom is 0.00724 e. The molecule has 0 saturated heterocycles. The van der Waals surface area contributed by atoms with Gasteiger partial charge in [-0.3, -0.25) is 0 Å². The highest BCUT2D eigenvalue weighted by Crippen LogP contribution is 1.96. The van der Waals surface area contributed by atoms with Gasteiger partial charge >= 0.3 is 0 Å². The van der Waals surface area contributed by atoms with Crippen molar-refractivity contribution in [2.45, 2.75) is 26.8 Å². The fraction of sp³-hybridized carbons (Fsp3) is 1.00. The third kappa shape index (κ3) is 3.82. The summed E-state index contributed by atoms with van der Waals surface area (Å²) in [6.07, 6.45) is 0. The van der Waals surface area contributed by atoms with Gasteiger partial charge in [0, 0.05) is 18.3 Å². The monoisotopic (exact) mass is 147 g/mol. The minimum absolute atomic E-state index is 0.669. The first-order chi connectivity index (χ1) is 4.22. The maximum absolute atomic E-state index is 4.17. The Morgan fingerprint density at radius 2 is 2.00 bits per heavy atom. The molecule has 0 saturated carbocycles. The number of hydrogen-bond acceptors (Lipinski definition) is 2. The summed E-state index contributed by atoms with van der Waals surface area (Å²) in [5.74, 6) is 0.964. The molecule has 0 rings (SSSR count). The average Bonchev–Trinajstić information content (AvgIpc) is 1.82. The number of thiol groups is 1. The van der Waals surface area contributed by atoms with E-state index in [1.165, 1.54) is 0 Å². The molecular weight excluding hydrogens is 130 g/mol. The minimum Gasteiger partial charge on any atom is -0.300 e. The molecule has 0 spiro atoms. The Morgan fingerprint density at radius 3 is 2.11 bits per heavy atom. The van der Waals surface area contributed by atoms with Gasteiger partial charge in [0.2, 0.25) is 0 Å². The van der Waals surface area contributed by atoms with Gasteiger partial charge in [-0.05, 0) is 20.4 Å². The minimum atomic E-state index is 0.669. The quantitative estimate of drug-likeness (QED) is 0.592. The molecule has 9 heavy (non-hydrogen) atoms. The van der Waals surface area contributed by atoms with E-state index in [1.54, 1.807) is 0 Å². The molecule has 0 aliphatic heterocycles. The highest BCUT2D eigenvalue weighted by atomic mass is 32.1.